The highest BCUT2D eigenvalue weighted by Gasteiger charge is 2.22. The zero-order valence-corrected chi connectivity index (χ0v) is 7.31. The third kappa shape index (κ3) is 4.18. The van der Waals surface area contributed by atoms with Crippen LogP contribution in [0.4, 0.5) is 4.79 Å². The van der Waals surface area contributed by atoms with Gasteiger partial charge >= 0.3 is 6.03 Å². The zero-order valence-electron chi connectivity index (χ0n) is 7.31. The molecule has 0 spiro atoms. The van der Waals surface area contributed by atoms with Gasteiger partial charge in [0.25, 0.3) is 0 Å². The second-order valence-electron chi connectivity index (χ2n) is 3.17. The number of hydrogen-bond acceptors (Lipinski definition) is 2. The van der Waals surface area contributed by atoms with Crippen LogP contribution in [0.3, 0.4) is 0 Å². The van der Waals surface area contributed by atoms with Crippen molar-refractivity contribution in [3.63, 3.8) is 0 Å². The van der Waals surface area contributed by atoms with Gasteiger partial charge in [-0.25, -0.2) is 4.79 Å². The Bertz CT molecular complexity index is 145. The van der Waals surface area contributed by atoms with Crippen LogP contribution in [-0.4, -0.2) is 25.2 Å². The Hall–Kier alpha value is -0.770. The van der Waals surface area contributed by atoms with E-state index in [0.29, 0.717) is 12.6 Å². The van der Waals surface area contributed by atoms with Gasteiger partial charge in [-0.1, -0.05) is 0 Å². The molecule has 0 aromatic carbocycles. The van der Waals surface area contributed by atoms with Crippen molar-refractivity contribution >= 4 is 6.03 Å². The Morgan fingerprint density at radius 2 is 2.17 bits per heavy atom. The molecule has 4 heteroatoms. The van der Waals surface area contributed by atoms with Crippen molar-refractivity contribution in [1.29, 1.82) is 0 Å². The summed E-state index contributed by atoms with van der Waals surface area (Å²) < 4.78 is 0. The Morgan fingerprint density at radius 1 is 1.42 bits per heavy atom. The van der Waals surface area contributed by atoms with Crippen LogP contribution in [0.2, 0.25) is 0 Å². The zero-order chi connectivity index (χ0) is 8.81. The van der Waals surface area contributed by atoms with Crippen LogP contribution < -0.4 is 16.4 Å². The third-order valence-corrected chi connectivity index (χ3v) is 1.83. The monoisotopic (exact) mass is 171 g/mol. The number of rotatable bonds is 5. The van der Waals surface area contributed by atoms with E-state index in [2.05, 4.69) is 10.6 Å². The van der Waals surface area contributed by atoms with E-state index >= 15 is 0 Å². The number of carbonyl (C=O) groups excluding carboxylic acids is 1. The maximum atomic E-state index is 11.0. The summed E-state index contributed by atoms with van der Waals surface area (Å²) in [5.74, 6) is 0. The summed E-state index contributed by atoms with van der Waals surface area (Å²) in [5, 5.41) is 5.63. The standard InChI is InChI=1S/C8H17N3O/c9-5-1-2-6-10-8(12)11-7-3-4-7/h7H,1-6,9H2,(H2,10,11,12). The molecule has 4 N–H and O–H groups in total. The lowest BCUT2D eigenvalue weighted by Gasteiger charge is -2.05. The highest BCUT2D eigenvalue weighted by Crippen LogP contribution is 2.18. The van der Waals surface area contributed by atoms with Gasteiger partial charge in [-0.05, 0) is 32.2 Å². The fraction of sp³-hybridized carbons (Fsp3) is 0.875. The molecule has 1 fully saturated rings. The van der Waals surface area contributed by atoms with Gasteiger partial charge in [-0.15, -0.1) is 0 Å². The van der Waals surface area contributed by atoms with Crippen LogP contribution >= 0.6 is 0 Å². The molecule has 1 aliphatic rings. The maximum absolute atomic E-state index is 11.0. The molecule has 1 saturated carbocycles. The summed E-state index contributed by atoms with van der Waals surface area (Å²) in [6.45, 7) is 1.43. The smallest absolute Gasteiger partial charge is 0.315 e. The Morgan fingerprint density at radius 3 is 2.75 bits per heavy atom. The van der Waals surface area contributed by atoms with Gasteiger partial charge in [-0.2, -0.15) is 0 Å². The quantitative estimate of drug-likeness (QED) is 0.517. The number of amides is 2. The molecule has 0 heterocycles. The van der Waals surface area contributed by atoms with Crippen LogP contribution in [0.25, 0.3) is 0 Å². The summed E-state index contributed by atoms with van der Waals surface area (Å²) >= 11 is 0. The van der Waals surface area contributed by atoms with Crippen LogP contribution in [0.15, 0.2) is 0 Å². The van der Waals surface area contributed by atoms with Crippen molar-refractivity contribution in [2.45, 2.75) is 31.7 Å². The lowest BCUT2D eigenvalue weighted by molar-refractivity contribution is 0.240. The maximum Gasteiger partial charge on any atom is 0.315 e. The second kappa shape index (κ2) is 4.98. The van der Waals surface area contributed by atoms with Gasteiger partial charge < -0.3 is 16.4 Å². The molecule has 70 valence electrons. The lowest BCUT2D eigenvalue weighted by Crippen LogP contribution is -2.37. The summed E-state index contributed by atoms with van der Waals surface area (Å²) in [4.78, 5) is 11.0. The molecule has 0 atom stereocenters. The van der Waals surface area contributed by atoms with Gasteiger partial charge in [-0.3, -0.25) is 0 Å². The molecular weight excluding hydrogens is 154 g/mol. The van der Waals surface area contributed by atoms with Gasteiger partial charge in [0.1, 0.15) is 0 Å². The van der Waals surface area contributed by atoms with Gasteiger partial charge in [0.05, 0.1) is 0 Å². The fourth-order valence-electron chi connectivity index (χ4n) is 0.935. The summed E-state index contributed by atoms with van der Waals surface area (Å²) in [7, 11) is 0. The number of carbonyl (C=O) groups is 1. The molecule has 0 bridgehead atoms. The molecule has 1 rings (SSSR count). The Labute approximate surface area is 72.9 Å². The first kappa shape index (κ1) is 9.32. The number of nitrogens with one attached hydrogen (secondary N) is 2. The van der Waals surface area contributed by atoms with E-state index in [9.17, 15) is 4.79 Å². The first-order chi connectivity index (χ1) is 5.83. The summed E-state index contributed by atoms with van der Waals surface area (Å²) in [5.41, 5.74) is 5.31. The van der Waals surface area contributed by atoms with Crippen LogP contribution in [0.1, 0.15) is 25.7 Å². The molecule has 1 aliphatic carbocycles. The number of urea groups is 1. The van der Waals surface area contributed by atoms with Gasteiger partial charge in [0.15, 0.2) is 0 Å². The van der Waals surface area contributed by atoms with Crippen LogP contribution in [-0.2, 0) is 0 Å². The van der Waals surface area contributed by atoms with Crippen LogP contribution in [0.5, 0.6) is 0 Å². The minimum atomic E-state index is -0.0329. The highest BCUT2D eigenvalue weighted by atomic mass is 16.2. The highest BCUT2D eigenvalue weighted by molar-refractivity contribution is 5.74. The van der Waals surface area contributed by atoms with E-state index < -0.39 is 0 Å². The minimum absolute atomic E-state index is 0.0329. The molecular formula is C8H17N3O. The molecule has 0 unspecified atom stereocenters. The molecule has 2 amide bonds. The molecule has 0 aromatic rings. The van der Waals surface area contributed by atoms with E-state index in [-0.39, 0.29) is 6.03 Å². The average Bonchev–Trinajstić information content (AvgIpc) is 2.82. The Balaban J connectivity index is 1.87. The van der Waals surface area contributed by atoms with E-state index in [4.69, 9.17) is 5.73 Å². The SMILES string of the molecule is NCCCCNC(=O)NC1CC1. The first-order valence-corrected chi connectivity index (χ1v) is 4.57. The molecule has 0 aromatic heterocycles. The topological polar surface area (TPSA) is 67.1 Å². The van der Waals surface area contributed by atoms with Crippen molar-refractivity contribution in [2.24, 2.45) is 5.73 Å². The molecule has 0 saturated heterocycles. The third-order valence-electron chi connectivity index (χ3n) is 1.83. The van der Waals surface area contributed by atoms with Gasteiger partial charge in [0, 0.05) is 12.6 Å². The van der Waals surface area contributed by atoms with Gasteiger partial charge in [0.2, 0.25) is 0 Å². The van der Waals surface area contributed by atoms with E-state index in [0.717, 1.165) is 32.2 Å². The molecule has 0 aliphatic heterocycles. The number of hydrogen-bond donors (Lipinski definition) is 3. The lowest BCUT2D eigenvalue weighted by atomic mass is 10.3. The van der Waals surface area contributed by atoms with E-state index in [1.54, 1.807) is 0 Å². The van der Waals surface area contributed by atoms with Crippen molar-refractivity contribution < 1.29 is 4.79 Å². The van der Waals surface area contributed by atoms with Crippen molar-refractivity contribution in [2.75, 3.05) is 13.1 Å². The van der Waals surface area contributed by atoms with Crippen molar-refractivity contribution in [3.05, 3.63) is 0 Å². The normalized spacial score (nSPS) is 15.8. The predicted octanol–water partition coefficient (Wildman–Crippen LogP) is 0.187. The first-order valence-electron chi connectivity index (χ1n) is 4.57. The van der Waals surface area contributed by atoms with Crippen molar-refractivity contribution in [1.82, 2.24) is 10.6 Å². The minimum Gasteiger partial charge on any atom is -0.338 e. The summed E-state index contributed by atoms with van der Waals surface area (Å²) in [6.07, 6.45) is 4.21. The second-order valence-corrected chi connectivity index (χ2v) is 3.17. The Kier molecular flexibility index (Phi) is 3.87. The van der Waals surface area contributed by atoms with Crippen molar-refractivity contribution in [3.8, 4) is 0 Å². The molecule has 12 heavy (non-hydrogen) atoms. The molecule has 4 nitrogen and oxygen atoms in total. The number of nitrogens with two attached hydrogens (primary N) is 1. The number of unbranched alkanes of at least 4 members (excludes halogenated alkanes) is 1. The fourth-order valence-corrected chi connectivity index (χ4v) is 0.935. The van der Waals surface area contributed by atoms with Crippen LogP contribution in [0, 0.1) is 0 Å². The average molecular weight is 171 g/mol. The van der Waals surface area contributed by atoms with E-state index in [1.807, 2.05) is 0 Å². The molecule has 0 radical (unpaired) electrons. The predicted molar refractivity (Wildman–Crippen MR) is 47.8 cm³/mol. The van der Waals surface area contributed by atoms with E-state index in [1.165, 1.54) is 0 Å². The summed E-state index contributed by atoms with van der Waals surface area (Å²) in [6, 6.07) is 0.411. The largest absolute Gasteiger partial charge is 0.338 e.